The Kier molecular flexibility index (Phi) is 5.81. The van der Waals surface area contributed by atoms with Crippen LogP contribution in [0.25, 0.3) is 0 Å². The molecule has 0 saturated heterocycles. The van der Waals surface area contributed by atoms with Crippen LogP contribution >= 0.6 is 0 Å². The number of allylic oxidation sites excluding steroid dienone is 1. The lowest BCUT2D eigenvalue weighted by molar-refractivity contribution is -0.128. The van der Waals surface area contributed by atoms with Crippen LogP contribution in [-0.2, 0) is 11.3 Å². The SMILES string of the molecule is CCC/C=C/C1C(CC)=C(O)C(=O)N1CCCn1ccnc1. The molecular weight excluding hydrogens is 278 g/mol. The summed E-state index contributed by atoms with van der Waals surface area (Å²) in [5, 5.41) is 10.1. The lowest BCUT2D eigenvalue weighted by Crippen LogP contribution is -2.35. The van der Waals surface area contributed by atoms with E-state index in [1.807, 2.05) is 17.7 Å². The van der Waals surface area contributed by atoms with E-state index in [-0.39, 0.29) is 17.7 Å². The van der Waals surface area contributed by atoms with Crippen LogP contribution in [0.4, 0.5) is 0 Å². The highest BCUT2D eigenvalue weighted by Crippen LogP contribution is 2.28. The van der Waals surface area contributed by atoms with Crippen molar-refractivity contribution in [3.8, 4) is 0 Å². The van der Waals surface area contributed by atoms with Crippen molar-refractivity contribution >= 4 is 5.91 Å². The Balaban J connectivity index is 2.01. The van der Waals surface area contributed by atoms with Crippen LogP contribution in [0.2, 0.25) is 0 Å². The summed E-state index contributed by atoms with van der Waals surface area (Å²) < 4.78 is 2.00. The highest BCUT2D eigenvalue weighted by atomic mass is 16.3. The molecule has 1 aliphatic heterocycles. The van der Waals surface area contributed by atoms with E-state index >= 15 is 0 Å². The van der Waals surface area contributed by atoms with Gasteiger partial charge in [-0.05, 0) is 19.3 Å². The monoisotopic (exact) mass is 303 g/mol. The quantitative estimate of drug-likeness (QED) is 0.751. The van der Waals surface area contributed by atoms with Crippen LogP contribution in [-0.4, -0.2) is 38.1 Å². The van der Waals surface area contributed by atoms with Crippen LogP contribution in [0.1, 0.15) is 39.5 Å². The average molecular weight is 303 g/mol. The van der Waals surface area contributed by atoms with Crippen molar-refractivity contribution in [1.29, 1.82) is 0 Å². The molecule has 120 valence electrons. The zero-order valence-corrected chi connectivity index (χ0v) is 13.4. The summed E-state index contributed by atoms with van der Waals surface area (Å²) in [6.45, 7) is 5.55. The summed E-state index contributed by atoms with van der Waals surface area (Å²) >= 11 is 0. The van der Waals surface area contributed by atoms with Gasteiger partial charge in [0.1, 0.15) is 0 Å². The second-order valence-corrected chi connectivity index (χ2v) is 5.54. The molecule has 0 radical (unpaired) electrons. The highest BCUT2D eigenvalue weighted by Gasteiger charge is 2.36. The number of carbonyl (C=O) groups excluding carboxylic acids is 1. The van der Waals surface area contributed by atoms with Crippen LogP contribution < -0.4 is 0 Å². The topological polar surface area (TPSA) is 58.4 Å². The van der Waals surface area contributed by atoms with Crippen LogP contribution in [0.3, 0.4) is 0 Å². The zero-order chi connectivity index (χ0) is 15.9. The van der Waals surface area contributed by atoms with Crippen molar-refractivity contribution < 1.29 is 9.90 Å². The molecule has 1 aliphatic rings. The van der Waals surface area contributed by atoms with Gasteiger partial charge >= 0.3 is 0 Å². The number of unbranched alkanes of at least 4 members (excludes halogenated alkanes) is 1. The van der Waals surface area contributed by atoms with Crippen LogP contribution in [0.15, 0.2) is 42.2 Å². The Labute approximate surface area is 132 Å². The van der Waals surface area contributed by atoms with E-state index in [2.05, 4.69) is 24.1 Å². The highest BCUT2D eigenvalue weighted by molar-refractivity contribution is 5.95. The van der Waals surface area contributed by atoms with Gasteiger partial charge in [0.15, 0.2) is 5.76 Å². The van der Waals surface area contributed by atoms with E-state index in [4.69, 9.17) is 0 Å². The van der Waals surface area contributed by atoms with Crippen molar-refractivity contribution in [3.05, 3.63) is 42.2 Å². The first-order chi connectivity index (χ1) is 10.7. The lowest BCUT2D eigenvalue weighted by atomic mass is 10.0. The van der Waals surface area contributed by atoms with Gasteiger partial charge < -0.3 is 14.6 Å². The predicted octanol–water partition coefficient (Wildman–Crippen LogP) is 3.06. The summed E-state index contributed by atoms with van der Waals surface area (Å²) in [6.07, 6.45) is 13.2. The summed E-state index contributed by atoms with van der Waals surface area (Å²) in [5.41, 5.74) is 0.833. The van der Waals surface area contributed by atoms with Gasteiger partial charge in [0, 0.05) is 31.1 Å². The van der Waals surface area contributed by atoms with Gasteiger partial charge in [0.05, 0.1) is 12.4 Å². The van der Waals surface area contributed by atoms with Crippen molar-refractivity contribution in [2.24, 2.45) is 0 Å². The molecular formula is C17H25N3O2. The van der Waals surface area contributed by atoms with E-state index in [1.165, 1.54) is 0 Å². The van der Waals surface area contributed by atoms with E-state index in [0.717, 1.165) is 31.4 Å². The van der Waals surface area contributed by atoms with E-state index in [1.54, 1.807) is 17.4 Å². The van der Waals surface area contributed by atoms with Gasteiger partial charge in [0.2, 0.25) is 0 Å². The normalized spacial score (nSPS) is 18.9. The molecule has 2 heterocycles. The first kappa shape index (κ1) is 16.3. The lowest BCUT2D eigenvalue weighted by Gasteiger charge is -2.24. The smallest absolute Gasteiger partial charge is 0.289 e. The maximum absolute atomic E-state index is 12.3. The number of aromatic nitrogens is 2. The minimum Gasteiger partial charge on any atom is -0.503 e. The molecule has 1 amide bonds. The number of nitrogens with zero attached hydrogens (tertiary/aromatic N) is 3. The number of rotatable bonds is 8. The van der Waals surface area contributed by atoms with E-state index in [9.17, 15) is 9.90 Å². The fourth-order valence-electron chi connectivity index (χ4n) is 2.80. The molecule has 0 aromatic carbocycles. The molecule has 0 bridgehead atoms. The van der Waals surface area contributed by atoms with Gasteiger partial charge in [-0.25, -0.2) is 4.98 Å². The summed E-state index contributed by atoms with van der Waals surface area (Å²) in [4.78, 5) is 18.1. The number of aliphatic hydroxyl groups excluding tert-OH is 1. The molecule has 1 unspecified atom stereocenters. The summed E-state index contributed by atoms with van der Waals surface area (Å²) in [6, 6.07) is -0.0909. The largest absolute Gasteiger partial charge is 0.503 e. The van der Waals surface area contributed by atoms with Crippen molar-refractivity contribution in [2.75, 3.05) is 6.54 Å². The number of aryl methyl sites for hydroxylation is 1. The fraction of sp³-hybridized carbons (Fsp3) is 0.529. The van der Waals surface area contributed by atoms with Crippen LogP contribution in [0.5, 0.6) is 0 Å². The minimum atomic E-state index is -0.242. The molecule has 22 heavy (non-hydrogen) atoms. The Morgan fingerprint density at radius 2 is 2.18 bits per heavy atom. The number of imidazole rings is 1. The molecule has 1 atom stereocenters. The number of carbonyl (C=O) groups is 1. The van der Waals surface area contributed by atoms with Gasteiger partial charge in [-0.3, -0.25) is 4.79 Å². The molecule has 5 nitrogen and oxygen atoms in total. The Hall–Kier alpha value is -2.04. The number of hydrogen-bond donors (Lipinski definition) is 1. The van der Waals surface area contributed by atoms with Crippen molar-refractivity contribution in [3.63, 3.8) is 0 Å². The first-order valence-electron chi connectivity index (χ1n) is 8.04. The standard InChI is InChI=1S/C17H25N3O2/c1-3-5-6-8-15-14(4-2)16(21)17(22)20(15)11-7-10-19-12-9-18-13-19/h6,8-9,12-13,15,21H,3-5,7,10-11H2,1-2H3/b8-6+. The molecule has 0 aliphatic carbocycles. The molecule has 1 N–H and O–H groups in total. The Bertz CT molecular complexity index is 546. The zero-order valence-electron chi connectivity index (χ0n) is 13.4. The fourth-order valence-corrected chi connectivity index (χ4v) is 2.80. The summed E-state index contributed by atoms with van der Waals surface area (Å²) in [7, 11) is 0. The maximum Gasteiger partial charge on any atom is 0.289 e. The van der Waals surface area contributed by atoms with E-state index < -0.39 is 0 Å². The predicted molar refractivity (Wildman–Crippen MR) is 86.3 cm³/mol. The molecule has 0 spiro atoms. The van der Waals surface area contributed by atoms with Gasteiger partial charge in [-0.2, -0.15) is 0 Å². The molecule has 2 rings (SSSR count). The van der Waals surface area contributed by atoms with Gasteiger partial charge in [-0.1, -0.05) is 32.4 Å². The first-order valence-corrected chi connectivity index (χ1v) is 8.04. The molecule has 0 saturated carbocycles. The van der Waals surface area contributed by atoms with Crippen molar-refractivity contribution in [2.45, 2.75) is 52.1 Å². The third kappa shape index (κ3) is 3.59. The third-order valence-electron chi connectivity index (χ3n) is 3.99. The second kappa shape index (κ2) is 7.82. The second-order valence-electron chi connectivity index (χ2n) is 5.54. The number of aliphatic hydroxyl groups is 1. The molecule has 5 heteroatoms. The Morgan fingerprint density at radius 3 is 2.82 bits per heavy atom. The van der Waals surface area contributed by atoms with Gasteiger partial charge in [-0.15, -0.1) is 0 Å². The molecule has 1 aromatic rings. The Morgan fingerprint density at radius 1 is 1.36 bits per heavy atom. The summed E-state index contributed by atoms with van der Waals surface area (Å²) in [5.74, 6) is -0.301. The molecule has 0 fully saturated rings. The van der Waals surface area contributed by atoms with Crippen molar-refractivity contribution in [1.82, 2.24) is 14.5 Å². The average Bonchev–Trinajstić information content (AvgIpc) is 3.10. The van der Waals surface area contributed by atoms with Crippen LogP contribution in [0, 0.1) is 0 Å². The number of amides is 1. The minimum absolute atomic E-state index is 0.0590. The third-order valence-corrected chi connectivity index (χ3v) is 3.99. The number of hydrogen-bond acceptors (Lipinski definition) is 3. The maximum atomic E-state index is 12.3. The van der Waals surface area contributed by atoms with Gasteiger partial charge in [0.25, 0.3) is 5.91 Å². The molecule has 1 aromatic heterocycles. The van der Waals surface area contributed by atoms with E-state index in [0.29, 0.717) is 13.0 Å².